The summed E-state index contributed by atoms with van der Waals surface area (Å²) in [4.78, 5) is 15.5. The van der Waals surface area contributed by atoms with E-state index in [0.717, 1.165) is 48.4 Å². The summed E-state index contributed by atoms with van der Waals surface area (Å²) >= 11 is 0. The van der Waals surface area contributed by atoms with Crippen molar-refractivity contribution in [3.8, 4) is 16.9 Å². The van der Waals surface area contributed by atoms with Gasteiger partial charge in [0.15, 0.2) is 0 Å². The smallest absolute Gasteiger partial charge is 0.272 e. The van der Waals surface area contributed by atoms with Crippen LogP contribution in [0.25, 0.3) is 16.9 Å². The first-order valence-electron chi connectivity index (χ1n) is 10.9. The fraction of sp³-hybridized carbons (Fsp3) is 0.385. The molecule has 30 heavy (non-hydrogen) atoms. The summed E-state index contributed by atoms with van der Waals surface area (Å²) < 4.78 is 1.85. The van der Waals surface area contributed by atoms with Gasteiger partial charge in [-0.05, 0) is 81.3 Å². The van der Waals surface area contributed by atoms with Gasteiger partial charge in [0.25, 0.3) is 5.91 Å². The van der Waals surface area contributed by atoms with Crippen LogP contribution in [0.2, 0.25) is 0 Å². The average Bonchev–Trinajstić information content (AvgIpc) is 3.15. The van der Waals surface area contributed by atoms with Crippen LogP contribution in [0, 0.1) is 33.6 Å². The number of rotatable bonds is 3. The molecule has 0 spiro atoms. The molecule has 1 fully saturated rings. The lowest BCUT2D eigenvalue weighted by atomic mass is 9.99. The molecule has 1 aliphatic heterocycles. The molecule has 4 rings (SSSR count). The van der Waals surface area contributed by atoms with Crippen molar-refractivity contribution in [3.63, 3.8) is 0 Å². The number of benzene rings is 2. The van der Waals surface area contributed by atoms with Gasteiger partial charge >= 0.3 is 0 Å². The number of aryl methyl sites for hydroxylation is 4. The van der Waals surface area contributed by atoms with Gasteiger partial charge in [-0.3, -0.25) is 4.79 Å². The number of aromatic nitrogens is 2. The number of hydrogen-bond acceptors (Lipinski definition) is 2. The van der Waals surface area contributed by atoms with Crippen molar-refractivity contribution in [2.75, 3.05) is 13.1 Å². The highest BCUT2D eigenvalue weighted by atomic mass is 16.2. The molecule has 2 heterocycles. The van der Waals surface area contributed by atoms with E-state index in [0.29, 0.717) is 11.6 Å². The molecular weight excluding hydrogens is 370 g/mol. The summed E-state index contributed by atoms with van der Waals surface area (Å²) in [6, 6.07) is 14.6. The molecule has 4 nitrogen and oxygen atoms in total. The first-order chi connectivity index (χ1) is 14.3. The predicted octanol–water partition coefficient (Wildman–Crippen LogP) is 5.65. The Morgan fingerprint density at radius 3 is 2.30 bits per heavy atom. The van der Waals surface area contributed by atoms with Crippen LogP contribution in [0.1, 0.15) is 52.5 Å². The topological polar surface area (TPSA) is 38.1 Å². The Morgan fingerprint density at radius 1 is 0.900 bits per heavy atom. The average molecular weight is 402 g/mol. The summed E-state index contributed by atoms with van der Waals surface area (Å²) in [5.41, 5.74) is 8.29. The Bertz CT molecular complexity index is 1090. The van der Waals surface area contributed by atoms with E-state index in [2.05, 4.69) is 71.0 Å². The van der Waals surface area contributed by atoms with Gasteiger partial charge < -0.3 is 4.90 Å². The zero-order chi connectivity index (χ0) is 21.4. The molecule has 0 unspecified atom stereocenters. The Kier molecular flexibility index (Phi) is 5.50. The van der Waals surface area contributed by atoms with Gasteiger partial charge in [-0.25, -0.2) is 4.68 Å². The molecule has 1 aromatic heterocycles. The third-order valence-electron chi connectivity index (χ3n) is 6.38. The molecule has 0 N–H and O–H groups in total. The molecule has 0 atom stereocenters. The molecule has 3 aromatic rings. The second-order valence-corrected chi connectivity index (χ2v) is 8.89. The van der Waals surface area contributed by atoms with E-state index < -0.39 is 0 Å². The molecule has 4 heteroatoms. The fourth-order valence-corrected chi connectivity index (χ4v) is 4.18. The van der Waals surface area contributed by atoms with Crippen molar-refractivity contribution in [1.29, 1.82) is 0 Å². The number of hydrogen-bond donors (Lipinski definition) is 0. The second kappa shape index (κ2) is 8.10. The molecule has 1 amide bonds. The Morgan fingerprint density at radius 2 is 1.63 bits per heavy atom. The van der Waals surface area contributed by atoms with Gasteiger partial charge in [-0.2, -0.15) is 5.10 Å². The fourth-order valence-electron chi connectivity index (χ4n) is 4.18. The first-order valence-corrected chi connectivity index (χ1v) is 10.9. The van der Waals surface area contributed by atoms with Crippen LogP contribution < -0.4 is 0 Å². The molecule has 0 saturated carbocycles. The number of amides is 1. The van der Waals surface area contributed by atoms with Crippen LogP contribution in [0.4, 0.5) is 0 Å². The van der Waals surface area contributed by atoms with Gasteiger partial charge in [-0.1, -0.05) is 36.8 Å². The van der Waals surface area contributed by atoms with Crippen molar-refractivity contribution < 1.29 is 4.79 Å². The number of carbonyl (C=O) groups is 1. The van der Waals surface area contributed by atoms with E-state index in [9.17, 15) is 4.79 Å². The molecule has 1 saturated heterocycles. The van der Waals surface area contributed by atoms with Crippen LogP contribution >= 0.6 is 0 Å². The minimum Gasteiger partial charge on any atom is -0.337 e. The van der Waals surface area contributed by atoms with Crippen LogP contribution in [-0.2, 0) is 0 Å². The molecule has 0 bridgehead atoms. The molecular formula is C26H31N3O. The Labute approximate surface area is 179 Å². The Balaban J connectivity index is 1.81. The van der Waals surface area contributed by atoms with E-state index in [1.165, 1.54) is 16.7 Å². The highest BCUT2D eigenvalue weighted by Gasteiger charge is 2.26. The molecule has 1 aliphatic rings. The summed E-state index contributed by atoms with van der Waals surface area (Å²) in [7, 11) is 0. The third kappa shape index (κ3) is 3.91. The normalized spacial score (nSPS) is 14.9. The second-order valence-electron chi connectivity index (χ2n) is 8.89. The lowest BCUT2D eigenvalue weighted by molar-refractivity contribution is 0.0688. The van der Waals surface area contributed by atoms with Crippen molar-refractivity contribution in [2.24, 2.45) is 5.92 Å². The zero-order valence-electron chi connectivity index (χ0n) is 18.7. The van der Waals surface area contributed by atoms with Crippen molar-refractivity contribution in [1.82, 2.24) is 14.7 Å². The van der Waals surface area contributed by atoms with Gasteiger partial charge in [0, 0.05) is 18.7 Å². The van der Waals surface area contributed by atoms with E-state index >= 15 is 0 Å². The monoisotopic (exact) mass is 401 g/mol. The minimum atomic E-state index is 0.0736. The SMILES string of the molecule is Cc1ccc(-n2nc(-c3ccc(C)c(C)c3)cc2C(=O)N2CCC(C)CC2)c(C)c1. The van der Waals surface area contributed by atoms with Gasteiger partial charge in [-0.15, -0.1) is 0 Å². The third-order valence-corrected chi connectivity index (χ3v) is 6.38. The van der Waals surface area contributed by atoms with Gasteiger partial charge in [0.1, 0.15) is 5.69 Å². The highest BCUT2D eigenvalue weighted by molar-refractivity contribution is 5.94. The van der Waals surface area contributed by atoms with E-state index in [-0.39, 0.29) is 5.91 Å². The Hall–Kier alpha value is -2.88. The number of carbonyl (C=O) groups excluding carboxylic acids is 1. The molecule has 0 aliphatic carbocycles. The van der Waals surface area contributed by atoms with E-state index in [1.807, 2.05) is 15.6 Å². The van der Waals surface area contributed by atoms with Crippen molar-refractivity contribution in [2.45, 2.75) is 47.5 Å². The summed E-state index contributed by atoms with van der Waals surface area (Å²) in [6.45, 7) is 12.3. The molecule has 0 radical (unpaired) electrons. The standard InChI is InChI=1S/C26H31N3O/c1-17-10-12-28(13-11-17)26(30)25-16-23(22-8-7-19(3)20(4)15-22)27-29(25)24-9-6-18(2)14-21(24)5/h6-9,14-17H,10-13H2,1-5H3. The maximum Gasteiger partial charge on any atom is 0.272 e. The first kappa shape index (κ1) is 20.4. The quantitative estimate of drug-likeness (QED) is 0.569. The van der Waals surface area contributed by atoms with Crippen LogP contribution in [-0.4, -0.2) is 33.7 Å². The minimum absolute atomic E-state index is 0.0736. The summed E-state index contributed by atoms with van der Waals surface area (Å²) in [5.74, 6) is 0.758. The summed E-state index contributed by atoms with van der Waals surface area (Å²) in [5, 5.41) is 4.91. The lowest BCUT2D eigenvalue weighted by Crippen LogP contribution is -2.38. The van der Waals surface area contributed by atoms with Crippen LogP contribution in [0.3, 0.4) is 0 Å². The maximum absolute atomic E-state index is 13.5. The van der Waals surface area contributed by atoms with Crippen molar-refractivity contribution >= 4 is 5.91 Å². The van der Waals surface area contributed by atoms with Crippen LogP contribution in [0.15, 0.2) is 42.5 Å². The van der Waals surface area contributed by atoms with E-state index in [1.54, 1.807) is 0 Å². The largest absolute Gasteiger partial charge is 0.337 e. The number of nitrogens with zero attached hydrogens (tertiary/aromatic N) is 3. The van der Waals surface area contributed by atoms with Gasteiger partial charge in [0.05, 0.1) is 11.4 Å². The molecule has 156 valence electrons. The number of piperidine rings is 1. The maximum atomic E-state index is 13.5. The zero-order valence-corrected chi connectivity index (χ0v) is 18.7. The van der Waals surface area contributed by atoms with Gasteiger partial charge in [0.2, 0.25) is 0 Å². The lowest BCUT2D eigenvalue weighted by Gasteiger charge is -2.30. The highest BCUT2D eigenvalue weighted by Crippen LogP contribution is 2.27. The van der Waals surface area contributed by atoms with Crippen LogP contribution in [0.5, 0.6) is 0 Å². The number of likely N-dealkylation sites (tertiary alicyclic amines) is 1. The molecule has 2 aromatic carbocycles. The predicted molar refractivity (Wildman–Crippen MR) is 122 cm³/mol. The van der Waals surface area contributed by atoms with Crippen molar-refractivity contribution in [3.05, 3.63) is 70.4 Å². The van der Waals surface area contributed by atoms with E-state index in [4.69, 9.17) is 5.10 Å². The summed E-state index contributed by atoms with van der Waals surface area (Å²) in [6.07, 6.45) is 2.13.